The summed E-state index contributed by atoms with van der Waals surface area (Å²) in [6.45, 7) is 2.85. The molecule has 1 amide bonds. The van der Waals surface area contributed by atoms with E-state index in [0.29, 0.717) is 34.2 Å². The van der Waals surface area contributed by atoms with Crippen LogP contribution >= 0.6 is 0 Å². The minimum atomic E-state index is -0.347. The molecule has 1 aliphatic heterocycles. The molecule has 0 spiro atoms. The summed E-state index contributed by atoms with van der Waals surface area (Å²) in [6.07, 6.45) is 3.95. The molecule has 5 rings (SSSR count). The van der Waals surface area contributed by atoms with Crippen molar-refractivity contribution in [2.75, 3.05) is 32.6 Å². The Morgan fingerprint density at radius 2 is 1.97 bits per heavy atom. The quantitative estimate of drug-likeness (QED) is 0.406. The summed E-state index contributed by atoms with van der Waals surface area (Å²) in [7, 11) is 3.15. The molecule has 3 N–H and O–H groups in total. The number of rotatable bonds is 7. The summed E-state index contributed by atoms with van der Waals surface area (Å²) >= 11 is 0. The summed E-state index contributed by atoms with van der Waals surface area (Å²) < 4.78 is 16.5. The Hall–Kier alpha value is -3.79. The second-order valence-corrected chi connectivity index (χ2v) is 7.67. The van der Waals surface area contributed by atoms with Crippen molar-refractivity contribution in [3.63, 3.8) is 0 Å². The summed E-state index contributed by atoms with van der Waals surface area (Å²) in [5, 5.41) is 9.81. The van der Waals surface area contributed by atoms with Gasteiger partial charge in [0.25, 0.3) is 5.91 Å². The first-order chi connectivity index (χ1) is 15.6. The average molecular weight is 436 g/mol. The van der Waals surface area contributed by atoms with E-state index in [1.165, 1.54) is 19.0 Å². The highest BCUT2D eigenvalue weighted by molar-refractivity contribution is 6.04. The van der Waals surface area contributed by atoms with Crippen LogP contribution in [0.1, 0.15) is 29.2 Å². The van der Waals surface area contributed by atoms with E-state index in [9.17, 15) is 4.79 Å². The van der Waals surface area contributed by atoms with Crippen LogP contribution in [0.4, 0.5) is 5.69 Å². The molecular weight excluding hydrogens is 412 g/mol. The average Bonchev–Trinajstić information content (AvgIpc) is 3.59. The van der Waals surface area contributed by atoms with Gasteiger partial charge in [-0.2, -0.15) is 5.10 Å². The predicted molar refractivity (Wildman–Crippen MR) is 118 cm³/mol. The van der Waals surface area contributed by atoms with Gasteiger partial charge >= 0.3 is 0 Å². The number of hydrogen-bond acceptors (Lipinski definition) is 7. The fourth-order valence-electron chi connectivity index (χ4n) is 3.95. The van der Waals surface area contributed by atoms with Gasteiger partial charge in [-0.25, -0.2) is 4.98 Å². The third-order valence-corrected chi connectivity index (χ3v) is 5.58. The smallest absolute Gasteiger partial charge is 0.291 e. The number of H-pyrrole nitrogens is 2. The van der Waals surface area contributed by atoms with E-state index >= 15 is 0 Å². The molecule has 1 aromatic carbocycles. The number of nitrogens with one attached hydrogen (secondary N) is 3. The number of fused-ring (bicyclic) bond motifs is 1. The number of anilines is 1. The number of furan rings is 1. The van der Waals surface area contributed by atoms with Crippen LogP contribution in [0.2, 0.25) is 0 Å². The molecule has 0 saturated carbocycles. The predicted octanol–water partition coefficient (Wildman–Crippen LogP) is 3.41. The molecule has 4 heterocycles. The van der Waals surface area contributed by atoms with Crippen molar-refractivity contribution in [3.8, 4) is 23.0 Å². The Bertz CT molecular complexity index is 1210. The monoisotopic (exact) mass is 436 g/mol. The number of carbonyl (C=O) groups is 1. The van der Waals surface area contributed by atoms with Crippen LogP contribution in [-0.2, 0) is 6.54 Å². The molecule has 1 fully saturated rings. The Morgan fingerprint density at radius 3 is 2.75 bits per heavy atom. The fraction of sp³-hybridized carbons (Fsp3) is 0.318. The molecular formula is C22H24N6O4. The maximum Gasteiger partial charge on any atom is 0.291 e. The molecule has 166 valence electrons. The molecule has 0 atom stereocenters. The summed E-state index contributed by atoms with van der Waals surface area (Å²) in [5.41, 5.74) is 2.51. The van der Waals surface area contributed by atoms with Crippen LogP contribution in [0.15, 0.2) is 34.9 Å². The number of nitrogens with zero attached hydrogens (tertiary/aromatic N) is 3. The zero-order valence-corrected chi connectivity index (χ0v) is 17.9. The number of ether oxygens (including phenoxy) is 2. The normalized spacial score (nSPS) is 14.2. The van der Waals surface area contributed by atoms with Crippen LogP contribution < -0.4 is 14.8 Å². The van der Waals surface area contributed by atoms with Gasteiger partial charge in [0.15, 0.2) is 23.1 Å². The van der Waals surface area contributed by atoms with Gasteiger partial charge in [0.1, 0.15) is 11.5 Å². The van der Waals surface area contributed by atoms with Gasteiger partial charge in [-0.15, -0.1) is 0 Å². The molecule has 1 saturated heterocycles. The SMILES string of the molecule is COc1cc2nc(-c3[nH]ncc3NC(=O)c3ccc(CN4CCCC4)o3)[nH]c2cc1OC. The van der Waals surface area contributed by atoms with Crippen molar-refractivity contribution in [3.05, 3.63) is 42.0 Å². The van der Waals surface area contributed by atoms with Gasteiger partial charge in [-0.05, 0) is 38.1 Å². The summed E-state index contributed by atoms with van der Waals surface area (Å²) in [5.74, 6) is 2.39. The first-order valence-electron chi connectivity index (χ1n) is 10.4. The van der Waals surface area contributed by atoms with Gasteiger partial charge in [-0.3, -0.25) is 14.8 Å². The maximum atomic E-state index is 12.8. The van der Waals surface area contributed by atoms with Crippen molar-refractivity contribution in [1.29, 1.82) is 0 Å². The van der Waals surface area contributed by atoms with E-state index in [-0.39, 0.29) is 11.7 Å². The minimum Gasteiger partial charge on any atom is -0.493 e. The second kappa shape index (κ2) is 8.39. The molecule has 0 unspecified atom stereocenters. The van der Waals surface area contributed by atoms with Crippen molar-refractivity contribution < 1.29 is 18.7 Å². The lowest BCUT2D eigenvalue weighted by molar-refractivity contribution is 0.0993. The minimum absolute atomic E-state index is 0.255. The molecule has 10 nitrogen and oxygen atoms in total. The molecule has 1 aliphatic rings. The molecule has 0 aliphatic carbocycles. The molecule has 0 radical (unpaired) electrons. The largest absolute Gasteiger partial charge is 0.493 e. The lowest BCUT2D eigenvalue weighted by Crippen LogP contribution is -2.18. The van der Waals surface area contributed by atoms with Crippen molar-refractivity contribution in [2.24, 2.45) is 0 Å². The number of imidazole rings is 1. The van der Waals surface area contributed by atoms with Gasteiger partial charge in [0.2, 0.25) is 0 Å². The number of methoxy groups -OCH3 is 2. The number of amides is 1. The number of aromatic amines is 2. The van der Waals surface area contributed by atoms with E-state index in [4.69, 9.17) is 13.9 Å². The van der Waals surface area contributed by atoms with Crippen LogP contribution in [-0.4, -0.2) is 58.3 Å². The number of aromatic nitrogens is 4. The van der Waals surface area contributed by atoms with Crippen LogP contribution in [0, 0.1) is 0 Å². The van der Waals surface area contributed by atoms with Gasteiger partial charge in [-0.1, -0.05) is 0 Å². The van der Waals surface area contributed by atoms with Crippen molar-refractivity contribution in [2.45, 2.75) is 19.4 Å². The summed E-state index contributed by atoms with van der Waals surface area (Å²) in [4.78, 5) is 22.9. The molecule has 32 heavy (non-hydrogen) atoms. The van der Waals surface area contributed by atoms with Crippen molar-refractivity contribution >= 4 is 22.6 Å². The first kappa shape index (κ1) is 20.1. The number of likely N-dealkylation sites (tertiary alicyclic amines) is 1. The maximum absolute atomic E-state index is 12.8. The zero-order chi connectivity index (χ0) is 22.1. The second-order valence-electron chi connectivity index (χ2n) is 7.67. The third kappa shape index (κ3) is 3.80. The highest BCUT2D eigenvalue weighted by Gasteiger charge is 2.20. The van der Waals surface area contributed by atoms with E-state index in [2.05, 4.69) is 30.4 Å². The van der Waals surface area contributed by atoms with Crippen LogP contribution in [0.3, 0.4) is 0 Å². The summed E-state index contributed by atoms with van der Waals surface area (Å²) in [6, 6.07) is 7.14. The number of carbonyl (C=O) groups excluding carboxylic acids is 1. The van der Waals surface area contributed by atoms with E-state index in [0.717, 1.165) is 30.9 Å². The number of hydrogen-bond donors (Lipinski definition) is 3. The Kier molecular flexibility index (Phi) is 5.28. The van der Waals surface area contributed by atoms with Gasteiger partial charge in [0, 0.05) is 12.1 Å². The fourth-order valence-corrected chi connectivity index (χ4v) is 3.95. The highest BCUT2D eigenvalue weighted by Crippen LogP contribution is 2.33. The number of benzene rings is 1. The molecule has 4 aromatic rings. The van der Waals surface area contributed by atoms with Gasteiger partial charge < -0.3 is 24.2 Å². The first-order valence-corrected chi connectivity index (χ1v) is 10.4. The Morgan fingerprint density at radius 1 is 1.19 bits per heavy atom. The Balaban J connectivity index is 1.35. The third-order valence-electron chi connectivity index (χ3n) is 5.58. The van der Waals surface area contributed by atoms with Gasteiger partial charge in [0.05, 0.1) is 43.7 Å². The Labute approximate surface area is 183 Å². The lowest BCUT2D eigenvalue weighted by atomic mass is 10.3. The topological polar surface area (TPSA) is 121 Å². The van der Waals surface area contributed by atoms with E-state index in [1.807, 2.05) is 12.1 Å². The lowest BCUT2D eigenvalue weighted by Gasteiger charge is -2.11. The van der Waals surface area contributed by atoms with Crippen molar-refractivity contribution in [1.82, 2.24) is 25.1 Å². The molecule has 10 heteroatoms. The standard InChI is InChI=1S/C22H24N6O4/c1-30-18-9-14-15(10-19(18)31-2)25-21(24-14)20-16(11-23-27-20)26-22(29)17-6-5-13(32-17)12-28-7-3-4-8-28/h5-6,9-11H,3-4,7-8,12H2,1-2H3,(H,23,27)(H,24,25)(H,26,29). The van der Waals surface area contributed by atoms with E-state index < -0.39 is 0 Å². The molecule has 3 aromatic heterocycles. The highest BCUT2D eigenvalue weighted by atomic mass is 16.5. The van der Waals surface area contributed by atoms with E-state index in [1.54, 1.807) is 26.4 Å². The van der Waals surface area contributed by atoms with Crippen LogP contribution in [0.25, 0.3) is 22.6 Å². The van der Waals surface area contributed by atoms with Crippen LogP contribution in [0.5, 0.6) is 11.5 Å². The molecule has 0 bridgehead atoms. The zero-order valence-electron chi connectivity index (χ0n) is 17.9.